The van der Waals surface area contributed by atoms with Gasteiger partial charge >= 0.3 is 0 Å². The zero-order valence-electron chi connectivity index (χ0n) is 8.52. The van der Waals surface area contributed by atoms with Gasteiger partial charge in [-0.1, -0.05) is 6.07 Å². The molecule has 82 valence electrons. The molecule has 0 aromatic heterocycles. The van der Waals surface area contributed by atoms with E-state index in [1.54, 1.807) is 6.07 Å². The van der Waals surface area contributed by atoms with Crippen LogP contribution in [0.25, 0.3) is 0 Å². The Hall–Kier alpha value is -1.26. The molecule has 1 saturated heterocycles. The molecule has 1 aromatic rings. The van der Waals surface area contributed by atoms with E-state index in [0.29, 0.717) is 0 Å². The Morgan fingerprint density at radius 2 is 1.87 bits per heavy atom. The smallest absolute Gasteiger partial charge is 0.157 e. The normalized spacial score (nSPS) is 17.9. The van der Waals surface area contributed by atoms with E-state index in [1.165, 1.54) is 6.07 Å². The summed E-state index contributed by atoms with van der Waals surface area (Å²) < 4.78 is 5.25. The number of aromatic hydroxyl groups is 2. The van der Waals surface area contributed by atoms with Crippen molar-refractivity contribution < 1.29 is 14.9 Å². The molecular formula is C11H15NO3. The summed E-state index contributed by atoms with van der Waals surface area (Å²) in [6.07, 6.45) is 0. The third kappa shape index (κ3) is 2.61. The Balaban J connectivity index is 2.00. The number of rotatable bonds is 2. The van der Waals surface area contributed by atoms with Crippen LogP contribution in [0.1, 0.15) is 5.56 Å². The number of phenolic OH excluding ortho intramolecular Hbond substituents is 2. The number of benzene rings is 1. The summed E-state index contributed by atoms with van der Waals surface area (Å²) in [6.45, 7) is 4.16. The van der Waals surface area contributed by atoms with Gasteiger partial charge in [-0.05, 0) is 17.7 Å². The number of phenols is 2. The predicted octanol–water partition coefficient (Wildman–Crippen LogP) is 0.930. The number of nitrogens with zero attached hydrogens (tertiary/aromatic N) is 1. The molecule has 0 saturated carbocycles. The summed E-state index contributed by atoms with van der Waals surface area (Å²) in [4.78, 5) is 2.26. The zero-order chi connectivity index (χ0) is 10.7. The van der Waals surface area contributed by atoms with Crippen molar-refractivity contribution >= 4 is 0 Å². The van der Waals surface area contributed by atoms with E-state index in [2.05, 4.69) is 4.90 Å². The molecule has 1 heterocycles. The molecule has 0 radical (unpaired) electrons. The van der Waals surface area contributed by atoms with Crippen LogP contribution in [0, 0.1) is 0 Å². The van der Waals surface area contributed by atoms with Crippen LogP contribution in [-0.2, 0) is 11.3 Å². The predicted molar refractivity (Wildman–Crippen MR) is 55.9 cm³/mol. The van der Waals surface area contributed by atoms with Gasteiger partial charge in [-0.25, -0.2) is 0 Å². The largest absolute Gasteiger partial charge is 0.504 e. The first-order chi connectivity index (χ1) is 7.25. The average Bonchev–Trinajstić information content (AvgIpc) is 2.25. The maximum atomic E-state index is 9.34. The van der Waals surface area contributed by atoms with Crippen molar-refractivity contribution in [1.82, 2.24) is 4.90 Å². The van der Waals surface area contributed by atoms with E-state index in [1.807, 2.05) is 6.07 Å². The lowest BCUT2D eigenvalue weighted by atomic mass is 10.2. The topological polar surface area (TPSA) is 52.9 Å². The zero-order valence-corrected chi connectivity index (χ0v) is 8.52. The number of hydrogen-bond donors (Lipinski definition) is 2. The molecule has 1 aliphatic rings. The molecule has 0 unspecified atom stereocenters. The third-order valence-corrected chi connectivity index (χ3v) is 2.55. The van der Waals surface area contributed by atoms with Crippen LogP contribution in [0.2, 0.25) is 0 Å². The standard InChI is InChI=1S/C11H15NO3/c13-10-2-1-9(7-11(10)14)8-12-3-5-15-6-4-12/h1-2,7,13-14H,3-6,8H2. The molecule has 0 amide bonds. The molecular weight excluding hydrogens is 194 g/mol. The Labute approximate surface area is 88.7 Å². The van der Waals surface area contributed by atoms with Gasteiger partial charge in [0.1, 0.15) is 0 Å². The van der Waals surface area contributed by atoms with Gasteiger partial charge in [0.05, 0.1) is 13.2 Å². The van der Waals surface area contributed by atoms with Crippen molar-refractivity contribution in [3.8, 4) is 11.5 Å². The average molecular weight is 209 g/mol. The van der Waals surface area contributed by atoms with Gasteiger partial charge in [0.15, 0.2) is 11.5 Å². The van der Waals surface area contributed by atoms with E-state index < -0.39 is 0 Å². The van der Waals surface area contributed by atoms with Crippen LogP contribution in [-0.4, -0.2) is 41.4 Å². The molecule has 1 aliphatic heterocycles. The Kier molecular flexibility index (Phi) is 3.08. The molecule has 1 aromatic carbocycles. The SMILES string of the molecule is Oc1ccc(CN2CCOCC2)cc1O. The van der Waals surface area contributed by atoms with Crippen LogP contribution < -0.4 is 0 Å². The minimum Gasteiger partial charge on any atom is -0.504 e. The monoisotopic (exact) mass is 209 g/mol. The van der Waals surface area contributed by atoms with Gasteiger partial charge in [0.2, 0.25) is 0 Å². The van der Waals surface area contributed by atoms with Crippen molar-refractivity contribution in [3.63, 3.8) is 0 Å². The minimum absolute atomic E-state index is 0.0549. The maximum absolute atomic E-state index is 9.34. The van der Waals surface area contributed by atoms with E-state index in [-0.39, 0.29) is 11.5 Å². The summed E-state index contributed by atoms with van der Waals surface area (Å²) in [5.41, 5.74) is 1.01. The summed E-state index contributed by atoms with van der Waals surface area (Å²) in [5.74, 6) is -0.124. The second-order valence-corrected chi connectivity index (χ2v) is 3.71. The van der Waals surface area contributed by atoms with E-state index in [9.17, 15) is 5.11 Å². The van der Waals surface area contributed by atoms with Crippen molar-refractivity contribution in [1.29, 1.82) is 0 Å². The lowest BCUT2D eigenvalue weighted by Gasteiger charge is -2.26. The van der Waals surface area contributed by atoms with Crippen LogP contribution in [0.5, 0.6) is 11.5 Å². The second kappa shape index (κ2) is 4.51. The van der Waals surface area contributed by atoms with E-state index >= 15 is 0 Å². The number of morpholine rings is 1. The first kappa shape index (κ1) is 10.3. The Bertz CT molecular complexity index is 335. The van der Waals surface area contributed by atoms with Crippen molar-refractivity contribution in [2.45, 2.75) is 6.54 Å². The fourth-order valence-corrected chi connectivity index (χ4v) is 1.68. The van der Waals surface area contributed by atoms with Gasteiger partial charge in [-0.2, -0.15) is 0 Å². The molecule has 1 fully saturated rings. The van der Waals surface area contributed by atoms with Gasteiger partial charge in [0.25, 0.3) is 0 Å². The lowest BCUT2D eigenvalue weighted by molar-refractivity contribution is 0.0341. The van der Waals surface area contributed by atoms with Crippen molar-refractivity contribution in [2.75, 3.05) is 26.3 Å². The highest BCUT2D eigenvalue weighted by Gasteiger charge is 2.11. The van der Waals surface area contributed by atoms with Gasteiger partial charge < -0.3 is 14.9 Å². The third-order valence-electron chi connectivity index (χ3n) is 2.55. The fourth-order valence-electron chi connectivity index (χ4n) is 1.68. The van der Waals surface area contributed by atoms with Gasteiger partial charge in [0, 0.05) is 19.6 Å². The van der Waals surface area contributed by atoms with Crippen LogP contribution in [0.4, 0.5) is 0 Å². The van der Waals surface area contributed by atoms with E-state index in [0.717, 1.165) is 38.4 Å². The second-order valence-electron chi connectivity index (χ2n) is 3.71. The summed E-state index contributed by atoms with van der Waals surface area (Å²) in [6, 6.07) is 4.94. The maximum Gasteiger partial charge on any atom is 0.157 e. The molecule has 0 spiro atoms. The number of hydrogen-bond acceptors (Lipinski definition) is 4. The summed E-state index contributed by atoms with van der Waals surface area (Å²) >= 11 is 0. The summed E-state index contributed by atoms with van der Waals surface area (Å²) in [7, 11) is 0. The fraction of sp³-hybridized carbons (Fsp3) is 0.455. The van der Waals surface area contributed by atoms with Crippen LogP contribution in [0.3, 0.4) is 0 Å². The first-order valence-corrected chi connectivity index (χ1v) is 5.06. The van der Waals surface area contributed by atoms with Gasteiger partial charge in [-0.15, -0.1) is 0 Å². The molecule has 0 bridgehead atoms. The molecule has 0 aliphatic carbocycles. The molecule has 4 heteroatoms. The first-order valence-electron chi connectivity index (χ1n) is 5.06. The molecule has 2 rings (SSSR count). The Morgan fingerprint density at radius 1 is 1.13 bits per heavy atom. The molecule has 2 N–H and O–H groups in total. The molecule has 0 atom stereocenters. The van der Waals surface area contributed by atoms with Crippen LogP contribution >= 0.6 is 0 Å². The highest BCUT2D eigenvalue weighted by atomic mass is 16.5. The quantitative estimate of drug-likeness (QED) is 0.711. The molecule has 4 nitrogen and oxygen atoms in total. The van der Waals surface area contributed by atoms with Crippen molar-refractivity contribution in [2.24, 2.45) is 0 Å². The van der Waals surface area contributed by atoms with Gasteiger partial charge in [-0.3, -0.25) is 4.90 Å². The van der Waals surface area contributed by atoms with E-state index in [4.69, 9.17) is 9.84 Å². The minimum atomic E-state index is -0.0688. The summed E-state index contributed by atoms with van der Waals surface area (Å²) in [5, 5.41) is 18.5. The lowest BCUT2D eigenvalue weighted by Crippen LogP contribution is -2.35. The number of ether oxygens (including phenoxy) is 1. The molecule has 15 heavy (non-hydrogen) atoms. The highest BCUT2D eigenvalue weighted by Crippen LogP contribution is 2.25. The Morgan fingerprint density at radius 3 is 2.53 bits per heavy atom. The highest BCUT2D eigenvalue weighted by molar-refractivity contribution is 5.40. The van der Waals surface area contributed by atoms with Crippen LogP contribution in [0.15, 0.2) is 18.2 Å². The van der Waals surface area contributed by atoms with Crippen molar-refractivity contribution in [3.05, 3.63) is 23.8 Å².